The number of carbonyl (C=O) groups excluding carboxylic acids is 1. The summed E-state index contributed by atoms with van der Waals surface area (Å²) in [4.78, 5) is 24.6. The van der Waals surface area contributed by atoms with Gasteiger partial charge in [-0.05, 0) is 12.1 Å². The molecule has 1 fully saturated rings. The molecule has 1 aliphatic rings. The number of carbonyl (C=O) groups is 2. The van der Waals surface area contributed by atoms with E-state index in [4.69, 9.17) is 9.84 Å². The summed E-state index contributed by atoms with van der Waals surface area (Å²) in [7, 11) is 3.28. The standard InChI is InChI=1S/C13H17N3O4/c1-15-9(5-6-14-15)3-4-12(17)16-8-10(20-2)7-11(16)13(18)19/h3-6,10-11H,7-8H2,1-2H3,(H,18,19)/b4-3+. The number of amides is 1. The maximum Gasteiger partial charge on any atom is 0.326 e. The number of carboxylic acid groups (broad SMARTS) is 1. The number of aliphatic carboxylic acids is 1. The Balaban J connectivity index is 2.09. The number of ether oxygens (including phenoxy) is 1. The van der Waals surface area contributed by atoms with Gasteiger partial charge in [0.05, 0.1) is 11.8 Å². The summed E-state index contributed by atoms with van der Waals surface area (Å²) in [6.07, 6.45) is 4.70. The van der Waals surface area contributed by atoms with Crippen LogP contribution < -0.4 is 0 Å². The van der Waals surface area contributed by atoms with Crippen molar-refractivity contribution in [3.63, 3.8) is 0 Å². The summed E-state index contributed by atoms with van der Waals surface area (Å²) >= 11 is 0. The molecule has 1 amide bonds. The number of methoxy groups -OCH3 is 1. The van der Waals surface area contributed by atoms with E-state index in [1.54, 1.807) is 30.1 Å². The molecule has 1 aliphatic heterocycles. The number of hydrogen-bond donors (Lipinski definition) is 1. The van der Waals surface area contributed by atoms with Gasteiger partial charge in [0.25, 0.3) is 0 Å². The second-order valence-corrected chi connectivity index (χ2v) is 4.65. The van der Waals surface area contributed by atoms with E-state index in [2.05, 4.69) is 5.10 Å². The van der Waals surface area contributed by atoms with Crippen molar-refractivity contribution in [2.45, 2.75) is 18.6 Å². The van der Waals surface area contributed by atoms with Gasteiger partial charge >= 0.3 is 5.97 Å². The molecule has 1 aromatic heterocycles. The van der Waals surface area contributed by atoms with Crippen molar-refractivity contribution in [2.75, 3.05) is 13.7 Å². The van der Waals surface area contributed by atoms with E-state index in [1.165, 1.54) is 18.1 Å². The lowest BCUT2D eigenvalue weighted by atomic mass is 10.2. The third kappa shape index (κ3) is 2.88. The van der Waals surface area contributed by atoms with Gasteiger partial charge in [-0.25, -0.2) is 4.79 Å². The Bertz CT molecular complexity index is 537. The molecular formula is C13H17N3O4. The molecule has 2 rings (SSSR count). The molecule has 0 aliphatic carbocycles. The lowest BCUT2D eigenvalue weighted by Crippen LogP contribution is -2.39. The van der Waals surface area contributed by atoms with E-state index < -0.39 is 12.0 Å². The molecule has 0 spiro atoms. The van der Waals surface area contributed by atoms with Gasteiger partial charge in [-0.3, -0.25) is 9.48 Å². The van der Waals surface area contributed by atoms with Gasteiger partial charge in [-0.15, -0.1) is 0 Å². The number of rotatable bonds is 4. The molecule has 2 heterocycles. The third-order valence-corrected chi connectivity index (χ3v) is 3.42. The fourth-order valence-corrected chi connectivity index (χ4v) is 2.25. The van der Waals surface area contributed by atoms with Crippen LogP contribution in [0.25, 0.3) is 6.08 Å². The molecule has 0 aromatic carbocycles. The Morgan fingerprint density at radius 3 is 2.85 bits per heavy atom. The molecule has 0 radical (unpaired) electrons. The topological polar surface area (TPSA) is 84.7 Å². The molecule has 20 heavy (non-hydrogen) atoms. The summed E-state index contributed by atoms with van der Waals surface area (Å²) in [6, 6.07) is 0.934. The maximum atomic E-state index is 12.1. The molecule has 7 nitrogen and oxygen atoms in total. The summed E-state index contributed by atoms with van der Waals surface area (Å²) in [5, 5.41) is 13.1. The van der Waals surface area contributed by atoms with Crippen molar-refractivity contribution in [1.82, 2.24) is 14.7 Å². The van der Waals surface area contributed by atoms with E-state index in [0.29, 0.717) is 13.0 Å². The van der Waals surface area contributed by atoms with E-state index in [-0.39, 0.29) is 12.0 Å². The maximum absolute atomic E-state index is 12.1. The monoisotopic (exact) mass is 279 g/mol. The number of likely N-dealkylation sites (tertiary alicyclic amines) is 1. The van der Waals surface area contributed by atoms with Gasteiger partial charge in [0, 0.05) is 39.4 Å². The second kappa shape index (κ2) is 5.87. The zero-order valence-electron chi connectivity index (χ0n) is 11.4. The largest absolute Gasteiger partial charge is 0.480 e. The number of nitrogens with zero attached hydrogens (tertiary/aromatic N) is 3. The highest BCUT2D eigenvalue weighted by molar-refractivity contribution is 5.94. The highest BCUT2D eigenvalue weighted by Crippen LogP contribution is 2.20. The Morgan fingerprint density at radius 2 is 2.30 bits per heavy atom. The van der Waals surface area contributed by atoms with E-state index >= 15 is 0 Å². The van der Waals surface area contributed by atoms with Crippen LogP contribution in [0.15, 0.2) is 18.3 Å². The molecule has 0 bridgehead atoms. The molecule has 7 heteroatoms. The van der Waals surface area contributed by atoms with Crippen molar-refractivity contribution >= 4 is 18.0 Å². The van der Waals surface area contributed by atoms with Crippen LogP contribution >= 0.6 is 0 Å². The normalized spacial score (nSPS) is 22.6. The first-order valence-corrected chi connectivity index (χ1v) is 6.25. The molecule has 1 N–H and O–H groups in total. The van der Waals surface area contributed by atoms with Crippen molar-refractivity contribution < 1.29 is 19.4 Å². The van der Waals surface area contributed by atoms with Gasteiger partial charge in [0.2, 0.25) is 5.91 Å². The summed E-state index contributed by atoms with van der Waals surface area (Å²) in [6.45, 7) is 0.294. The molecule has 0 saturated carbocycles. The number of carboxylic acids is 1. The van der Waals surface area contributed by atoms with Crippen LogP contribution in [-0.2, 0) is 21.4 Å². The minimum atomic E-state index is -1.01. The first kappa shape index (κ1) is 14.3. The Morgan fingerprint density at radius 1 is 1.55 bits per heavy atom. The van der Waals surface area contributed by atoms with Gasteiger partial charge < -0.3 is 14.7 Å². The quantitative estimate of drug-likeness (QED) is 0.792. The van der Waals surface area contributed by atoms with Crippen LogP contribution in [0.4, 0.5) is 0 Å². The first-order chi connectivity index (χ1) is 9.52. The summed E-state index contributed by atoms with van der Waals surface area (Å²) in [5.41, 5.74) is 0.771. The van der Waals surface area contributed by atoms with Gasteiger partial charge in [0.15, 0.2) is 0 Å². The molecule has 2 unspecified atom stereocenters. The van der Waals surface area contributed by atoms with Crippen LogP contribution in [0.1, 0.15) is 12.1 Å². The average molecular weight is 279 g/mol. The van der Waals surface area contributed by atoms with E-state index in [1.807, 2.05) is 0 Å². The Labute approximate surface area is 116 Å². The van der Waals surface area contributed by atoms with Crippen LogP contribution in [0.5, 0.6) is 0 Å². The fraction of sp³-hybridized carbons (Fsp3) is 0.462. The van der Waals surface area contributed by atoms with Gasteiger partial charge in [-0.2, -0.15) is 5.10 Å². The van der Waals surface area contributed by atoms with Gasteiger partial charge in [0.1, 0.15) is 6.04 Å². The Hall–Kier alpha value is -2.15. The van der Waals surface area contributed by atoms with Crippen molar-refractivity contribution in [3.8, 4) is 0 Å². The molecule has 1 aromatic rings. The molecule has 108 valence electrons. The predicted molar refractivity (Wildman–Crippen MR) is 70.8 cm³/mol. The SMILES string of the molecule is COC1CC(C(=O)O)N(C(=O)/C=C/c2ccnn2C)C1. The number of hydrogen-bond acceptors (Lipinski definition) is 4. The van der Waals surface area contributed by atoms with Crippen LogP contribution in [-0.4, -0.2) is 57.5 Å². The predicted octanol–water partition coefficient (Wildman–Crippen LogP) is 0.134. The minimum Gasteiger partial charge on any atom is -0.480 e. The lowest BCUT2D eigenvalue weighted by Gasteiger charge is -2.19. The Kier molecular flexibility index (Phi) is 4.19. The second-order valence-electron chi connectivity index (χ2n) is 4.65. The average Bonchev–Trinajstić information content (AvgIpc) is 3.02. The highest BCUT2D eigenvalue weighted by Gasteiger charge is 2.38. The van der Waals surface area contributed by atoms with E-state index in [9.17, 15) is 9.59 Å². The molecule has 1 saturated heterocycles. The van der Waals surface area contributed by atoms with Crippen LogP contribution in [0.3, 0.4) is 0 Å². The summed E-state index contributed by atoms with van der Waals surface area (Å²) < 4.78 is 6.77. The van der Waals surface area contributed by atoms with Gasteiger partial charge in [-0.1, -0.05) is 0 Å². The zero-order valence-corrected chi connectivity index (χ0v) is 11.4. The van der Waals surface area contributed by atoms with Crippen LogP contribution in [0.2, 0.25) is 0 Å². The minimum absolute atomic E-state index is 0.231. The smallest absolute Gasteiger partial charge is 0.326 e. The first-order valence-electron chi connectivity index (χ1n) is 6.25. The van der Waals surface area contributed by atoms with Crippen molar-refractivity contribution in [2.24, 2.45) is 7.05 Å². The third-order valence-electron chi connectivity index (χ3n) is 3.42. The van der Waals surface area contributed by atoms with Crippen molar-refractivity contribution in [3.05, 3.63) is 24.0 Å². The highest BCUT2D eigenvalue weighted by atomic mass is 16.5. The number of aromatic nitrogens is 2. The summed E-state index contributed by atoms with van der Waals surface area (Å²) in [5.74, 6) is -1.34. The molecule has 2 atom stereocenters. The van der Waals surface area contributed by atoms with Crippen LogP contribution in [0, 0.1) is 0 Å². The zero-order chi connectivity index (χ0) is 14.7. The number of aryl methyl sites for hydroxylation is 1. The van der Waals surface area contributed by atoms with Crippen molar-refractivity contribution in [1.29, 1.82) is 0 Å². The fourth-order valence-electron chi connectivity index (χ4n) is 2.25. The lowest BCUT2D eigenvalue weighted by molar-refractivity contribution is -0.146. The van der Waals surface area contributed by atoms with E-state index in [0.717, 1.165) is 5.69 Å². The molecular weight excluding hydrogens is 262 g/mol.